The van der Waals surface area contributed by atoms with Crippen molar-refractivity contribution < 1.29 is 24.9 Å². The average Bonchev–Trinajstić information content (AvgIpc) is 3.05. The SMILES string of the molecule is O=C(O)CCN1C(=O)/C(=C/c2ccc(N(CCBr)CCBr)cc2)SC1=S.OCCNCCO. The molecule has 184 valence electrons. The Hall–Kier alpha value is -1.02. The number of anilines is 1. The number of aliphatic hydroxyl groups is 2. The largest absolute Gasteiger partial charge is 0.481 e. The fourth-order valence-electron chi connectivity index (χ4n) is 2.69. The number of alkyl halides is 2. The Bertz CT molecular complexity index is 787. The number of carboxylic acid groups (broad SMARTS) is 1. The lowest BCUT2D eigenvalue weighted by atomic mass is 10.1. The van der Waals surface area contributed by atoms with Crippen LogP contribution in [0.25, 0.3) is 6.08 Å². The fraction of sp³-hybridized carbons (Fsp3) is 0.476. The molecule has 0 atom stereocenters. The molecule has 1 saturated heterocycles. The third-order valence-corrected chi connectivity index (χ3v) is 6.35. The van der Waals surface area contributed by atoms with Gasteiger partial charge in [0.15, 0.2) is 0 Å². The molecule has 1 aliphatic heterocycles. The number of amides is 1. The molecule has 0 unspecified atom stereocenters. The molecule has 4 N–H and O–H groups in total. The van der Waals surface area contributed by atoms with E-state index in [9.17, 15) is 9.59 Å². The number of thiocarbonyl (C=S) groups is 1. The maximum Gasteiger partial charge on any atom is 0.305 e. The van der Waals surface area contributed by atoms with Gasteiger partial charge in [0.2, 0.25) is 0 Å². The first kappa shape index (κ1) is 30.0. The number of hydrogen-bond donors (Lipinski definition) is 4. The first-order chi connectivity index (χ1) is 15.9. The zero-order chi connectivity index (χ0) is 24.6. The molecule has 1 aromatic carbocycles. The van der Waals surface area contributed by atoms with Crippen LogP contribution in [0.3, 0.4) is 0 Å². The Morgan fingerprint density at radius 3 is 2.18 bits per heavy atom. The van der Waals surface area contributed by atoms with Crippen LogP contribution in [0.15, 0.2) is 29.2 Å². The van der Waals surface area contributed by atoms with Gasteiger partial charge in [-0.05, 0) is 23.8 Å². The highest BCUT2D eigenvalue weighted by molar-refractivity contribution is 9.09. The molecular formula is C21H29Br2N3O5S2. The molecule has 12 heteroatoms. The summed E-state index contributed by atoms with van der Waals surface area (Å²) >= 11 is 13.3. The smallest absolute Gasteiger partial charge is 0.305 e. The van der Waals surface area contributed by atoms with E-state index in [0.717, 1.165) is 35.0 Å². The van der Waals surface area contributed by atoms with Crippen LogP contribution >= 0.6 is 55.8 Å². The zero-order valence-electron chi connectivity index (χ0n) is 18.1. The second-order valence-corrected chi connectivity index (χ2v) is 9.89. The van der Waals surface area contributed by atoms with Gasteiger partial charge in [-0.25, -0.2) is 0 Å². The quantitative estimate of drug-likeness (QED) is 0.114. The van der Waals surface area contributed by atoms with E-state index in [0.29, 0.717) is 22.3 Å². The van der Waals surface area contributed by atoms with E-state index in [1.165, 1.54) is 16.7 Å². The van der Waals surface area contributed by atoms with Gasteiger partial charge in [0.1, 0.15) is 4.32 Å². The highest BCUT2D eigenvalue weighted by atomic mass is 79.9. The topological polar surface area (TPSA) is 113 Å². The Kier molecular flexibility index (Phi) is 15.8. The lowest BCUT2D eigenvalue weighted by molar-refractivity contribution is -0.137. The number of halogens is 2. The molecule has 2 rings (SSSR count). The van der Waals surface area contributed by atoms with Crippen molar-refractivity contribution in [2.24, 2.45) is 0 Å². The summed E-state index contributed by atoms with van der Waals surface area (Å²) in [7, 11) is 0. The van der Waals surface area contributed by atoms with Gasteiger partial charge in [-0.15, -0.1) is 0 Å². The lowest BCUT2D eigenvalue weighted by Crippen LogP contribution is -2.30. The number of carbonyl (C=O) groups excluding carboxylic acids is 1. The summed E-state index contributed by atoms with van der Waals surface area (Å²) in [5, 5.41) is 29.6. The van der Waals surface area contributed by atoms with Crippen LogP contribution in [0.2, 0.25) is 0 Å². The van der Waals surface area contributed by atoms with E-state index in [1.54, 1.807) is 6.08 Å². The lowest BCUT2D eigenvalue weighted by Gasteiger charge is -2.23. The number of thioether (sulfide) groups is 1. The van der Waals surface area contributed by atoms with Crippen LogP contribution in [0.4, 0.5) is 5.69 Å². The number of hydrogen-bond acceptors (Lipinski definition) is 8. The molecule has 1 fully saturated rings. The van der Waals surface area contributed by atoms with Crippen LogP contribution in [0.5, 0.6) is 0 Å². The molecule has 1 aliphatic rings. The molecule has 0 radical (unpaired) electrons. The van der Waals surface area contributed by atoms with Crippen molar-refractivity contribution in [3.8, 4) is 0 Å². The Morgan fingerprint density at radius 1 is 1.12 bits per heavy atom. The van der Waals surface area contributed by atoms with Crippen LogP contribution < -0.4 is 10.2 Å². The summed E-state index contributed by atoms with van der Waals surface area (Å²) < 4.78 is 0.403. The fourth-order valence-corrected chi connectivity index (χ4v) is 4.85. The summed E-state index contributed by atoms with van der Waals surface area (Å²) in [6.45, 7) is 3.34. The Labute approximate surface area is 220 Å². The molecule has 1 aromatic rings. The molecule has 0 saturated carbocycles. The van der Waals surface area contributed by atoms with E-state index in [-0.39, 0.29) is 32.1 Å². The van der Waals surface area contributed by atoms with Crippen molar-refractivity contribution >= 4 is 83.8 Å². The van der Waals surface area contributed by atoms with Crippen molar-refractivity contribution in [2.45, 2.75) is 6.42 Å². The number of nitrogens with one attached hydrogen (secondary N) is 1. The third kappa shape index (κ3) is 11.3. The summed E-state index contributed by atoms with van der Waals surface area (Å²) in [5.74, 6) is -1.18. The van der Waals surface area contributed by atoms with Crippen LogP contribution in [-0.4, -0.2) is 93.0 Å². The molecule has 1 heterocycles. The zero-order valence-corrected chi connectivity index (χ0v) is 22.9. The minimum absolute atomic E-state index is 0.102. The van der Waals surface area contributed by atoms with E-state index in [1.807, 2.05) is 24.3 Å². The Morgan fingerprint density at radius 2 is 1.70 bits per heavy atom. The van der Waals surface area contributed by atoms with E-state index in [2.05, 4.69) is 42.1 Å². The maximum atomic E-state index is 12.4. The third-order valence-electron chi connectivity index (χ3n) is 4.26. The number of rotatable bonds is 13. The van der Waals surface area contributed by atoms with Crippen molar-refractivity contribution in [2.75, 3.05) is 61.5 Å². The normalized spacial score (nSPS) is 14.4. The second kappa shape index (κ2) is 17.4. The van der Waals surface area contributed by atoms with E-state index >= 15 is 0 Å². The summed E-state index contributed by atoms with van der Waals surface area (Å²) in [4.78, 5) is 27.3. The van der Waals surface area contributed by atoms with Gasteiger partial charge < -0.3 is 25.5 Å². The molecule has 0 spiro atoms. The van der Waals surface area contributed by atoms with Crippen LogP contribution in [0, 0.1) is 0 Å². The second-order valence-electron chi connectivity index (χ2n) is 6.63. The molecule has 1 amide bonds. The van der Waals surface area contributed by atoms with E-state index < -0.39 is 5.97 Å². The minimum atomic E-state index is -0.949. The van der Waals surface area contributed by atoms with E-state index in [4.69, 9.17) is 27.5 Å². The van der Waals surface area contributed by atoms with Gasteiger partial charge in [0.05, 0.1) is 24.5 Å². The minimum Gasteiger partial charge on any atom is -0.481 e. The highest BCUT2D eigenvalue weighted by Gasteiger charge is 2.32. The number of aliphatic hydroxyl groups excluding tert-OH is 2. The van der Waals surface area contributed by atoms with Gasteiger partial charge in [-0.2, -0.15) is 0 Å². The molecule has 8 nitrogen and oxygen atoms in total. The van der Waals surface area contributed by atoms with Crippen LogP contribution in [0.1, 0.15) is 12.0 Å². The number of nitrogens with zero attached hydrogens (tertiary/aromatic N) is 2. The predicted octanol–water partition coefficient (Wildman–Crippen LogP) is 2.52. The number of carbonyl (C=O) groups is 2. The van der Waals surface area contributed by atoms with Crippen molar-refractivity contribution in [3.63, 3.8) is 0 Å². The molecule has 0 bridgehead atoms. The van der Waals surface area contributed by atoms with Gasteiger partial charge >= 0.3 is 5.97 Å². The van der Waals surface area contributed by atoms with Crippen LogP contribution in [-0.2, 0) is 9.59 Å². The van der Waals surface area contributed by atoms with Gasteiger partial charge in [0.25, 0.3) is 5.91 Å². The first-order valence-electron chi connectivity index (χ1n) is 10.2. The van der Waals surface area contributed by atoms with Gasteiger partial charge in [0, 0.05) is 49.1 Å². The number of carboxylic acids is 1. The maximum absolute atomic E-state index is 12.4. The average molecular weight is 627 g/mol. The first-order valence-corrected chi connectivity index (χ1v) is 13.7. The van der Waals surface area contributed by atoms with Crippen molar-refractivity contribution in [1.29, 1.82) is 0 Å². The Balaban J connectivity index is 0.000000675. The standard InChI is InChI=1S/C17H18Br2N2O3S2.C4H11NO2/c18-6-9-20(10-7-19)13-3-1-12(2-4-13)11-14-16(24)21(17(25)26-14)8-5-15(22)23;6-3-1-5-2-4-7/h1-4,11H,5-10H2,(H,22,23);5-7H,1-4H2/b14-11-;. The van der Waals surface area contributed by atoms with Crippen molar-refractivity contribution in [1.82, 2.24) is 10.2 Å². The monoisotopic (exact) mass is 625 g/mol. The summed E-state index contributed by atoms with van der Waals surface area (Å²) in [6.07, 6.45) is 1.68. The van der Waals surface area contributed by atoms with Gasteiger partial charge in [-0.1, -0.05) is 68.0 Å². The summed E-state index contributed by atoms with van der Waals surface area (Å²) in [5.41, 5.74) is 2.03. The molecule has 0 aromatic heterocycles. The molecular weight excluding hydrogens is 598 g/mol. The van der Waals surface area contributed by atoms with Crippen molar-refractivity contribution in [3.05, 3.63) is 34.7 Å². The highest BCUT2D eigenvalue weighted by Crippen LogP contribution is 2.32. The predicted molar refractivity (Wildman–Crippen MR) is 145 cm³/mol. The summed E-state index contributed by atoms with van der Waals surface area (Å²) in [6, 6.07) is 7.99. The number of aliphatic carboxylic acids is 1. The molecule has 0 aliphatic carbocycles. The van der Waals surface area contributed by atoms with Gasteiger partial charge in [-0.3, -0.25) is 14.5 Å². The number of benzene rings is 1. The molecule has 33 heavy (non-hydrogen) atoms.